The van der Waals surface area contributed by atoms with E-state index in [9.17, 15) is 4.79 Å². The Balaban J connectivity index is 1.79. The predicted octanol–water partition coefficient (Wildman–Crippen LogP) is 1.58. The zero-order chi connectivity index (χ0) is 12.8. The molecule has 0 amide bonds. The second-order valence-corrected chi connectivity index (χ2v) is 4.48. The lowest BCUT2D eigenvalue weighted by Crippen LogP contribution is -2.29. The van der Waals surface area contributed by atoms with Crippen LogP contribution in [-0.2, 0) is 16.0 Å². The Labute approximate surface area is 106 Å². The standard InChI is InChI=1S/C13H19NO4/c1-16-13(15)12-11(4-6-18-12)8-14-7-10-3-2-5-17-9-10/h4,6,10,14H,2-3,5,7-9H2,1H3. The highest BCUT2D eigenvalue weighted by atomic mass is 16.5. The lowest BCUT2D eigenvalue weighted by molar-refractivity contribution is 0.0542. The molecule has 0 aromatic carbocycles. The summed E-state index contributed by atoms with van der Waals surface area (Å²) in [7, 11) is 1.35. The third kappa shape index (κ3) is 3.34. The molecule has 1 saturated heterocycles. The van der Waals surface area contributed by atoms with Gasteiger partial charge in [-0.3, -0.25) is 0 Å². The van der Waals surface area contributed by atoms with E-state index in [0.717, 1.165) is 31.7 Å². The second kappa shape index (κ2) is 6.56. The first-order chi connectivity index (χ1) is 8.81. The second-order valence-electron chi connectivity index (χ2n) is 4.48. The number of methoxy groups -OCH3 is 1. The molecule has 100 valence electrons. The molecule has 1 atom stereocenters. The molecule has 1 aliphatic heterocycles. The first-order valence-electron chi connectivity index (χ1n) is 6.24. The fourth-order valence-corrected chi connectivity index (χ4v) is 2.13. The molecule has 0 bridgehead atoms. The number of furan rings is 1. The minimum Gasteiger partial charge on any atom is -0.463 e. The van der Waals surface area contributed by atoms with Crippen LogP contribution < -0.4 is 5.32 Å². The van der Waals surface area contributed by atoms with Gasteiger partial charge in [0.25, 0.3) is 0 Å². The molecule has 1 N–H and O–H groups in total. The molecular formula is C13H19NO4. The Morgan fingerprint density at radius 2 is 2.50 bits per heavy atom. The summed E-state index contributed by atoms with van der Waals surface area (Å²) in [5, 5.41) is 3.33. The van der Waals surface area contributed by atoms with E-state index in [0.29, 0.717) is 12.5 Å². The van der Waals surface area contributed by atoms with Crippen LogP contribution in [0.1, 0.15) is 29.0 Å². The third-order valence-electron chi connectivity index (χ3n) is 3.12. The summed E-state index contributed by atoms with van der Waals surface area (Å²) in [5.41, 5.74) is 0.832. The minimum atomic E-state index is -0.433. The molecule has 1 aliphatic rings. The van der Waals surface area contributed by atoms with E-state index in [4.69, 9.17) is 9.15 Å². The fourth-order valence-electron chi connectivity index (χ4n) is 2.13. The summed E-state index contributed by atoms with van der Waals surface area (Å²) in [6.45, 7) is 3.20. The van der Waals surface area contributed by atoms with Gasteiger partial charge >= 0.3 is 5.97 Å². The number of nitrogens with one attached hydrogen (secondary N) is 1. The number of carbonyl (C=O) groups excluding carboxylic acids is 1. The summed E-state index contributed by atoms with van der Waals surface area (Å²) in [5.74, 6) is 0.412. The van der Waals surface area contributed by atoms with Gasteiger partial charge in [0.15, 0.2) is 0 Å². The number of rotatable bonds is 5. The molecule has 1 aromatic heterocycles. The van der Waals surface area contributed by atoms with Crippen LogP contribution in [0.15, 0.2) is 16.7 Å². The molecule has 0 spiro atoms. The highest BCUT2D eigenvalue weighted by Gasteiger charge is 2.17. The van der Waals surface area contributed by atoms with E-state index in [-0.39, 0.29) is 5.76 Å². The lowest BCUT2D eigenvalue weighted by atomic mass is 10.0. The van der Waals surface area contributed by atoms with Crippen molar-refractivity contribution < 1.29 is 18.7 Å². The monoisotopic (exact) mass is 253 g/mol. The SMILES string of the molecule is COC(=O)c1occc1CNCC1CCCOC1. The first-order valence-corrected chi connectivity index (χ1v) is 6.24. The van der Waals surface area contributed by atoms with Crippen molar-refractivity contribution in [3.63, 3.8) is 0 Å². The highest BCUT2D eigenvalue weighted by molar-refractivity contribution is 5.87. The number of hydrogen-bond acceptors (Lipinski definition) is 5. The van der Waals surface area contributed by atoms with E-state index < -0.39 is 5.97 Å². The summed E-state index contributed by atoms with van der Waals surface area (Å²) < 4.78 is 15.2. The fraction of sp³-hybridized carbons (Fsp3) is 0.615. The van der Waals surface area contributed by atoms with Crippen molar-refractivity contribution in [1.82, 2.24) is 5.32 Å². The van der Waals surface area contributed by atoms with Gasteiger partial charge in [-0.1, -0.05) is 0 Å². The van der Waals surface area contributed by atoms with Crippen molar-refractivity contribution in [3.05, 3.63) is 23.7 Å². The molecular weight excluding hydrogens is 234 g/mol. The van der Waals surface area contributed by atoms with Gasteiger partial charge in [0.05, 0.1) is 20.0 Å². The largest absolute Gasteiger partial charge is 0.463 e. The van der Waals surface area contributed by atoms with E-state index >= 15 is 0 Å². The Hall–Kier alpha value is -1.33. The topological polar surface area (TPSA) is 60.7 Å². The van der Waals surface area contributed by atoms with Crippen LogP contribution in [0.2, 0.25) is 0 Å². The van der Waals surface area contributed by atoms with Crippen LogP contribution in [0.4, 0.5) is 0 Å². The maximum absolute atomic E-state index is 11.4. The molecule has 2 heterocycles. The van der Waals surface area contributed by atoms with Crippen molar-refractivity contribution in [2.45, 2.75) is 19.4 Å². The van der Waals surface area contributed by atoms with Gasteiger partial charge in [-0.2, -0.15) is 0 Å². The molecule has 18 heavy (non-hydrogen) atoms. The van der Waals surface area contributed by atoms with Gasteiger partial charge in [-0.25, -0.2) is 4.79 Å². The average Bonchev–Trinajstić information content (AvgIpc) is 2.87. The van der Waals surface area contributed by atoms with Gasteiger partial charge in [0, 0.05) is 25.3 Å². The smallest absolute Gasteiger partial charge is 0.374 e. The molecule has 0 aliphatic carbocycles. The number of hydrogen-bond donors (Lipinski definition) is 1. The zero-order valence-corrected chi connectivity index (χ0v) is 10.6. The van der Waals surface area contributed by atoms with Gasteiger partial charge in [-0.05, 0) is 24.8 Å². The van der Waals surface area contributed by atoms with E-state index in [1.165, 1.54) is 19.8 Å². The van der Waals surface area contributed by atoms with E-state index in [1.54, 1.807) is 6.07 Å². The van der Waals surface area contributed by atoms with Gasteiger partial charge < -0.3 is 19.2 Å². The van der Waals surface area contributed by atoms with Crippen LogP contribution >= 0.6 is 0 Å². The molecule has 0 saturated carbocycles. The molecule has 5 heteroatoms. The molecule has 2 rings (SSSR count). The highest BCUT2D eigenvalue weighted by Crippen LogP contribution is 2.14. The number of ether oxygens (including phenoxy) is 2. The van der Waals surface area contributed by atoms with E-state index in [1.807, 2.05) is 0 Å². The van der Waals surface area contributed by atoms with Gasteiger partial charge in [0.2, 0.25) is 5.76 Å². The normalized spacial score (nSPS) is 19.7. The molecule has 1 fully saturated rings. The average molecular weight is 253 g/mol. The molecule has 1 aromatic rings. The first kappa shape index (κ1) is 13.1. The van der Waals surface area contributed by atoms with Crippen molar-refractivity contribution in [3.8, 4) is 0 Å². The summed E-state index contributed by atoms with van der Waals surface area (Å²) in [6, 6.07) is 1.79. The zero-order valence-electron chi connectivity index (χ0n) is 10.6. The van der Waals surface area contributed by atoms with Crippen LogP contribution in [-0.4, -0.2) is 32.8 Å². The lowest BCUT2D eigenvalue weighted by Gasteiger charge is -2.22. The predicted molar refractivity (Wildman–Crippen MR) is 65.3 cm³/mol. The number of carbonyl (C=O) groups is 1. The van der Waals surface area contributed by atoms with Crippen LogP contribution in [0.25, 0.3) is 0 Å². The summed E-state index contributed by atoms with van der Waals surface area (Å²) >= 11 is 0. The minimum absolute atomic E-state index is 0.282. The third-order valence-corrected chi connectivity index (χ3v) is 3.12. The van der Waals surface area contributed by atoms with Crippen molar-refractivity contribution in [2.75, 3.05) is 26.9 Å². The van der Waals surface area contributed by atoms with Gasteiger partial charge in [-0.15, -0.1) is 0 Å². The van der Waals surface area contributed by atoms with Crippen LogP contribution in [0, 0.1) is 5.92 Å². The van der Waals surface area contributed by atoms with E-state index in [2.05, 4.69) is 10.1 Å². The summed E-state index contributed by atoms with van der Waals surface area (Å²) in [4.78, 5) is 11.4. The van der Waals surface area contributed by atoms with Gasteiger partial charge in [0.1, 0.15) is 0 Å². The van der Waals surface area contributed by atoms with Crippen LogP contribution in [0.5, 0.6) is 0 Å². The van der Waals surface area contributed by atoms with Crippen molar-refractivity contribution >= 4 is 5.97 Å². The maximum atomic E-state index is 11.4. The van der Waals surface area contributed by atoms with Crippen LogP contribution in [0.3, 0.4) is 0 Å². The van der Waals surface area contributed by atoms with Crippen molar-refractivity contribution in [2.24, 2.45) is 5.92 Å². The quantitative estimate of drug-likeness (QED) is 0.807. The Bertz CT molecular complexity index is 382. The number of esters is 1. The summed E-state index contributed by atoms with van der Waals surface area (Å²) in [6.07, 6.45) is 3.83. The molecule has 1 unspecified atom stereocenters. The molecule has 0 radical (unpaired) electrons. The Morgan fingerprint density at radius 1 is 1.61 bits per heavy atom. The molecule has 5 nitrogen and oxygen atoms in total. The van der Waals surface area contributed by atoms with Crippen molar-refractivity contribution in [1.29, 1.82) is 0 Å². The Kier molecular flexibility index (Phi) is 4.78. The Morgan fingerprint density at radius 3 is 3.22 bits per heavy atom. The maximum Gasteiger partial charge on any atom is 0.374 e.